The van der Waals surface area contributed by atoms with Crippen LogP contribution in [0.4, 0.5) is 18.9 Å². The van der Waals surface area contributed by atoms with E-state index in [1.54, 1.807) is 13.2 Å². The van der Waals surface area contributed by atoms with Crippen LogP contribution in [0.2, 0.25) is 0 Å². The Balaban J connectivity index is 1.40. The molecule has 0 N–H and O–H groups in total. The van der Waals surface area contributed by atoms with E-state index >= 15 is 0 Å². The van der Waals surface area contributed by atoms with Crippen molar-refractivity contribution in [2.75, 3.05) is 25.1 Å². The number of hydrogen-bond donors (Lipinski definition) is 0. The molecule has 0 amide bonds. The minimum absolute atomic E-state index is 0.442. The van der Waals surface area contributed by atoms with Crippen LogP contribution >= 0.6 is 11.3 Å². The van der Waals surface area contributed by atoms with Crippen LogP contribution in [0.5, 0.6) is 5.75 Å². The largest absolute Gasteiger partial charge is 0.496 e. The lowest BCUT2D eigenvalue weighted by atomic mass is 9.88. The zero-order chi connectivity index (χ0) is 29.4. The van der Waals surface area contributed by atoms with Gasteiger partial charge in [-0.25, -0.2) is 0 Å². The quantitative estimate of drug-likeness (QED) is 0.354. The molecule has 10 heteroatoms. The van der Waals surface area contributed by atoms with Crippen LogP contribution in [0.1, 0.15) is 46.2 Å². The molecule has 5 rings (SSSR count). The maximum atomic E-state index is 14.1. The Bertz CT molecular complexity index is 1600. The van der Waals surface area contributed by atoms with Crippen LogP contribution < -0.4 is 9.64 Å². The number of anilines is 1. The molecule has 4 heterocycles. The lowest BCUT2D eigenvalue weighted by molar-refractivity contribution is -0.236. The normalized spacial score (nSPS) is 19.9. The van der Waals surface area contributed by atoms with Crippen molar-refractivity contribution in [3.63, 3.8) is 0 Å². The highest BCUT2D eigenvalue weighted by Crippen LogP contribution is 2.49. The third-order valence-electron chi connectivity index (χ3n) is 7.91. The Morgan fingerprint density at radius 1 is 1.12 bits per heavy atom. The number of nitrogens with zero attached hydrogens (tertiary/aromatic N) is 4. The second kappa shape index (κ2) is 11.0. The van der Waals surface area contributed by atoms with Crippen molar-refractivity contribution < 1.29 is 22.6 Å². The zero-order valence-electron chi connectivity index (χ0n) is 22.7. The number of rotatable bonds is 6. The summed E-state index contributed by atoms with van der Waals surface area (Å²) in [5.74, 6) is 0.318. The summed E-state index contributed by atoms with van der Waals surface area (Å²) in [6, 6.07) is 10.8. The molecule has 210 valence electrons. The van der Waals surface area contributed by atoms with E-state index in [4.69, 9.17) is 9.47 Å². The molecular formula is C31H27F3N4O2S. The molecule has 3 aliphatic rings. The van der Waals surface area contributed by atoms with E-state index in [9.17, 15) is 29.0 Å². The number of benzene rings is 1. The Morgan fingerprint density at radius 2 is 1.85 bits per heavy atom. The highest BCUT2D eigenvalue weighted by Gasteiger charge is 2.60. The molecule has 1 aromatic carbocycles. The van der Waals surface area contributed by atoms with Crippen molar-refractivity contribution in [3.8, 4) is 24.0 Å². The SMILES string of the molecule is COc1c(CCc2ccc(/C=C/C3=C(C#N)C(=C(C#N)C#N)OC3(C)C(F)(F)F)s2)cc2c3c1CCCN3CCC2. The summed E-state index contributed by atoms with van der Waals surface area (Å²) in [6.45, 7) is 2.97. The molecule has 0 saturated carbocycles. The van der Waals surface area contributed by atoms with E-state index in [-0.39, 0.29) is 0 Å². The average molecular weight is 577 g/mol. The van der Waals surface area contributed by atoms with Crippen molar-refractivity contribution in [2.24, 2.45) is 0 Å². The van der Waals surface area contributed by atoms with Crippen LogP contribution in [0, 0.1) is 34.0 Å². The minimum Gasteiger partial charge on any atom is -0.496 e. The fourth-order valence-electron chi connectivity index (χ4n) is 5.92. The standard InChI is InChI=1S/C31H27F3N4O2S/c1-30(31(32,33)34)26(25(18-37)29(40-30)21(16-35)17-36)12-11-23-10-9-22(41-23)8-7-20-15-19-5-3-13-38-14-4-6-24(27(19)38)28(20)39-2/h9-12,15H,3-8,13-14H2,1-2H3/b12-11+. The lowest BCUT2D eigenvalue weighted by Gasteiger charge is -2.38. The molecule has 0 saturated heterocycles. The molecule has 1 aromatic heterocycles. The summed E-state index contributed by atoms with van der Waals surface area (Å²) in [5, 5.41) is 28.0. The minimum atomic E-state index is -4.89. The van der Waals surface area contributed by atoms with Gasteiger partial charge in [-0.05, 0) is 74.8 Å². The van der Waals surface area contributed by atoms with Gasteiger partial charge in [0.1, 0.15) is 29.5 Å². The maximum Gasteiger partial charge on any atom is 0.432 e. The van der Waals surface area contributed by atoms with Gasteiger partial charge in [-0.2, -0.15) is 29.0 Å². The lowest BCUT2D eigenvalue weighted by Crippen LogP contribution is -2.43. The summed E-state index contributed by atoms with van der Waals surface area (Å²) in [4.78, 5) is 4.25. The summed E-state index contributed by atoms with van der Waals surface area (Å²) >= 11 is 1.45. The van der Waals surface area contributed by atoms with E-state index in [2.05, 4.69) is 11.0 Å². The van der Waals surface area contributed by atoms with E-state index in [1.807, 2.05) is 12.1 Å². The third-order valence-corrected chi connectivity index (χ3v) is 9.02. The summed E-state index contributed by atoms with van der Waals surface area (Å²) in [5.41, 5.74) is 0.746. The van der Waals surface area contributed by atoms with Crippen LogP contribution in [0.15, 0.2) is 46.8 Å². The molecule has 0 spiro atoms. The molecule has 3 aliphatic heterocycles. The number of ether oxygens (including phenoxy) is 2. The number of hydrogen-bond acceptors (Lipinski definition) is 7. The predicted molar refractivity (Wildman–Crippen MR) is 149 cm³/mol. The molecule has 0 aliphatic carbocycles. The highest BCUT2D eigenvalue weighted by molar-refractivity contribution is 7.12. The van der Waals surface area contributed by atoms with Crippen LogP contribution in [0.25, 0.3) is 6.08 Å². The topological polar surface area (TPSA) is 93.1 Å². The number of methoxy groups -OCH3 is 1. The first-order valence-electron chi connectivity index (χ1n) is 13.3. The molecule has 0 radical (unpaired) electrons. The van der Waals surface area contributed by atoms with Crippen LogP contribution in [0.3, 0.4) is 0 Å². The Hall–Kier alpha value is -4.20. The smallest absolute Gasteiger partial charge is 0.432 e. The van der Waals surface area contributed by atoms with Gasteiger partial charge in [0.25, 0.3) is 0 Å². The average Bonchev–Trinajstić information content (AvgIpc) is 3.53. The van der Waals surface area contributed by atoms with Crippen molar-refractivity contribution in [2.45, 2.75) is 57.2 Å². The monoisotopic (exact) mass is 576 g/mol. The molecule has 2 aromatic rings. The van der Waals surface area contributed by atoms with E-state index < -0.39 is 34.3 Å². The van der Waals surface area contributed by atoms with Crippen molar-refractivity contribution >= 4 is 23.1 Å². The van der Waals surface area contributed by atoms with Crippen molar-refractivity contribution in [1.29, 1.82) is 15.8 Å². The summed E-state index contributed by atoms with van der Waals surface area (Å²) in [6.07, 6.45) is 3.66. The first kappa shape index (κ1) is 28.3. The van der Waals surface area contributed by atoms with Crippen molar-refractivity contribution in [1.82, 2.24) is 0 Å². The summed E-state index contributed by atoms with van der Waals surface area (Å²) in [7, 11) is 1.72. The highest BCUT2D eigenvalue weighted by atomic mass is 32.1. The fourth-order valence-corrected chi connectivity index (χ4v) is 6.83. The second-order valence-corrected chi connectivity index (χ2v) is 11.5. The number of thiophene rings is 1. The molecule has 1 unspecified atom stereocenters. The molecule has 1 atom stereocenters. The van der Waals surface area contributed by atoms with Gasteiger partial charge in [-0.1, -0.05) is 12.1 Å². The molecule has 41 heavy (non-hydrogen) atoms. The number of alkyl halides is 3. The zero-order valence-corrected chi connectivity index (χ0v) is 23.5. The number of allylic oxidation sites excluding steroid dienone is 2. The van der Waals surface area contributed by atoms with E-state index in [1.165, 1.54) is 58.0 Å². The van der Waals surface area contributed by atoms with Gasteiger partial charge in [0.15, 0.2) is 11.3 Å². The number of aryl methyl sites for hydroxylation is 3. The summed E-state index contributed by atoms with van der Waals surface area (Å²) < 4.78 is 53.3. The first-order valence-corrected chi connectivity index (χ1v) is 14.2. The number of halogens is 3. The van der Waals surface area contributed by atoms with E-state index in [0.717, 1.165) is 69.2 Å². The Labute approximate surface area is 240 Å². The first-order chi connectivity index (χ1) is 19.6. The van der Waals surface area contributed by atoms with Gasteiger partial charge in [-0.3, -0.25) is 0 Å². The van der Waals surface area contributed by atoms with Gasteiger partial charge in [0.2, 0.25) is 5.60 Å². The predicted octanol–water partition coefficient (Wildman–Crippen LogP) is 6.73. The second-order valence-electron chi connectivity index (χ2n) is 10.3. The molecular weight excluding hydrogens is 549 g/mol. The van der Waals surface area contributed by atoms with Gasteiger partial charge in [0.05, 0.1) is 7.11 Å². The van der Waals surface area contributed by atoms with Crippen molar-refractivity contribution in [3.05, 3.63) is 73.2 Å². The molecule has 0 bridgehead atoms. The van der Waals surface area contributed by atoms with Gasteiger partial charge in [-0.15, -0.1) is 11.3 Å². The Kier molecular flexibility index (Phi) is 7.60. The van der Waals surface area contributed by atoms with E-state index in [0.29, 0.717) is 4.88 Å². The molecule has 0 fully saturated rings. The van der Waals surface area contributed by atoms with Gasteiger partial charge in [0, 0.05) is 39.7 Å². The number of nitriles is 3. The Morgan fingerprint density at radius 3 is 2.51 bits per heavy atom. The van der Waals surface area contributed by atoms with Gasteiger partial charge >= 0.3 is 6.18 Å². The molecule has 6 nitrogen and oxygen atoms in total. The van der Waals surface area contributed by atoms with Crippen LogP contribution in [-0.2, 0) is 30.4 Å². The third kappa shape index (κ3) is 4.96. The fraction of sp³-hybridized carbons (Fsp3) is 0.387. The van der Waals surface area contributed by atoms with Gasteiger partial charge < -0.3 is 14.4 Å². The van der Waals surface area contributed by atoms with Crippen LogP contribution in [-0.4, -0.2) is 32.0 Å². The maximum absolute atomic E-state index is 14.1.